The van der Waals surface area contributed by atoms with Crippen molar-refractivity contribution in [2.45, 2.75) is 90.1 Å². The topological polar surface area (TPSA) is 15.6 Å². The van der Waals surface area contributed by atoms with Gasteiger partial charge in [-0.3, -0.25) is 4.99 Å². The summed E-state index contributed by atoms with van der Waals surface area (Å²) in [5, 5.41) is 2.09. The second-order valence-electron chi connectivity index (χ2n) is 6.86. The van der Waals surface area contributed by atoms with E-state index >= 15 is 0 Å². The van der Waals surface area contributed by atoms with Crippen molar-refractivity contribution >= 4 is 16.9 Å². The lowest BCUT2D eigenvalue weighted by molar-refractivity contribution is 0.226. The van der Waals surface area contributed by atoms with Gasteiger partial charge in [-0.15, -0.1) is 0 Å². The number of thioether (sulfide) groups is 1. The average Bonchev–Trinajstić information content (AvgIpc) is 2.58. The summed E-state index contributed by atoms with van der Waals surface area (Å²) >= 11 is 2.06. The molecule has 2 aliphatic rings. The van der Waals surface area contributed by atoms with Crippen LogP contribution in [0.25, 0.3) is 0 Å². The molecule has 0 aromatic heterocycles. The number of amidine groups is 1. The molecule has 2 fully saturated rings. The lowest BCUT2D eigenvalue weighted by atomic mass is 9.89. The number of hydrogen-bond acceptors (Lipinski definition) is 2. The fraction of sp³-hybridized carbons (Fsp3) is 0.938. The van der Waals surface area contributed by atoms with Crippen LogP contribution in [-0.4, -0.2) is 33.4 Å². The van der Waals surface area contributed by atoms with E-state index in [-0.39, 0.29) is 0 Å². The normalized spacial score (nSPS) is 34.8. The average molecular weight is 282 g/mol. The Morgan fingerprint density at radius 3 is 2.47 bits per heavy atom. The van der Waals surface area contributed by atoms with Crippen LogP contribution in [0.15, 0.2) is 4.99 Å². The Morgan fingerprint density at radius 1 is 1.16 bits per heavy atom. The minimum atomic E-state index is 0.408. The van der Waals surface area contributed by atoms with Crippen molar-refractivity contribution < 1.29 is 0 Å². The number of rotatable bonds is 2. The van der Waals surface area contributed by atoms with Gasteiger partial charge >= 0.3 is 0 Å². The molecule has 3 unspecified atom stereocenters. The van der Waals surface area contributed by atoms with Crippen molar-refractivity contribution in [3.05, 3.63) is 0 Å². The molecule has 0 N–H and O–H groups in total. The molecule has 110 valence electrons. The first kappa shape index (κ1) is 15.2. The van der Waals surface area contributed by atoms with E-state index < -0.39 is 0 Å². The highest BCUT2D eigenvalue weighted by Crippen LogP contribution is 2.41. The molecule has 0 bridgehead atoms. The molecule has 1 saturated heterocycles. The maximum Gasteiger partial charge on any atom is 0.160 e. The van der Waals surface area contributed by atoms with Crippen molar-refractivity contribution in [3.63, 3.8) is 0 Å². The monoisotopic (exact) mass is 282 g/mol. The van der Waals surface area contributed by atoms with Gasteiger partial charge in [-0.2, -0.15) is 0 Å². The van der Waals surface area contributed by atoms with Crippen molar-refractivity contribution in [2.75, 3.05) is 0 Å². The van der Waals surface area contributed by atoms with Gasteiger partial charge in [0.1, 0.15) is 0 Å². The number of aliphatic imine (C=N–C) groups is 1. The summed E-state index contributed by atoms with van der Waals surface area (Å²) in [4.78, 5) is 7.51. The molecule has 2 nitrogen and oxygen atoms in total. The van der Waals surface area contributed by atoms with Crippen LogP contribution in [0.4, 0.5) is 0 Å². The zero-order chi connectivity index (χ0) is 14.0. The summed E-state index contributed by atoms with van der Waals surface area (Å²) in [6, 6.07) is 1.71. The van der Waals surface area contributed by atoms with E-state index in [9.17, 15) is 0 Å². The molecule has 3 heteroatoms. The van der Waals surface area contributed by atoms with Crippen LogP contribution in [0, 0.1) is 5.92 Å². The Labute approximate surface area is 123 Å². The van der Waals surface area contributed by atoms with E-state index in [1.807, 2.05) is 0 Å². The van der Waals surface area contributed by atoms with Crippen molar-refractivity contribution in [3.8, 4) is 0 Å². The van der Waals surface area contributed by atoms with Crippen LogP contribution in [0.3, 0.4) is 0 Å². The molecule has 0 radical (unpaired) electrons. The number of fused-ring (bicyclic) bond motifs is 1. The third-order valence-corrected chi connectivity index (χ3v) is 5.61. The molecule has 0 amide bonds. The molecule has 19 heavy (non-hydrogen) atoms. The molecule has 2 rings (SSSR count). The van der Waals surface area contributed by atoms with Gasteiger partial charge < -0.3 is 4.90 Å². The molecule has 1 heterocycles. The highest BCUT2D eigenvalue weighted by Gasteiger charge is 2.41. The van der Waals surface area contributed by atoms with E-state index in [2.05, 4.69) is 51.3 Å². The molecular formula is C16H30N2S. The van der Waals surface area contributed by atoms with Gasteiger partial charge in [0.25, 0.3) is 0 Å². The van der Waals surface area contributed by atoms with E-state index in [4.69, 9.17) is 4.99 Å². The van der Waals surface area contributed by atoms with E-state index in [1.54, 1.807) is 0 Å². The smallest absolute Gasteiger partial charge is 0.160 e. The van der Waals surface area contributed by atoms with Crippen molar-refractivity contribution in [1.29, 1.82) is 0 Å². The highest BCUT2D eigenvalue weighted by molar-refractivity contribution is 8.14. The molecular weight excluding hydrogens is 252 g/mol. The Kier molecular flexibility index (Phi) is 5.22. The van der Waals surface area contributed by atoms with E-state index in [1.165, 1.54) is 37.3 Å². The maximum absolute atomic E-state index is 4.90. The fourth-order valence-electron chi connectivity index (χ4n) is 3.41. The van der Waals surface area contributed by atoms with Crippen LogP contribution in [0.5, 0.6) is 0 Å². The van der Waals surface area contributed by atoms with Crippen LogP contribution < -0.4 is 0 Å². The van der Waals surface area contributed by atoms with Gasteiger partial charge in [-0.05, 0) is 46.5 Å². The van der Waals surface area contributed by atoms with Gasteiger partial charge in [0.05, 0.1) is 0 Å². The largest absolute Gasteiger partial charge is 0.345 e. The molecule has 1 aliphatic heterocycles. The predicted molar refractivity (Wildman–Crippen MR) is 87.0 cm³/mol. The highest BCUT2D eigenvalue weighted by atomic mass is 32.2. The first-order valence-electron chi connectivity index (χ1n) is 8.01. The summed E-state index contributed by atoms with van der Waals surface area (Å²) in [6.45, 7) is 11.5. The number of hydrogen-bond donors (Lipinski definition) is 0. The summed E-state index contributed by atoms with van der Waals surface area (Å²) in [5.41, 5.74) is 0. The zero-order valence-corrected chi connectivity index (χ0v) is 14.0. The van der Waals surface area contributed by atoms with Crippen LogP contribution in [0.2, 0.25) is 0 Å². The van der Waals surface area contributed by atoms with E-state index in [0.717, 1.165) is 17.2 Å². The molecule has 0 aromatic carbocycles. The maximum atomic E-state index is 4.90. The molecule has 0 aromatic rings. The predicted octanol–water partition coefficient (Wildman–Crippen LogP) is 4.55. The van der Waals surface area contributed by atoms with Crippen LogP contribution in [0.1, 0.15) is 66.7 Å². The Balaban J connectivity index is 2.21. The fourth-order valence-corrected chi connectivity index (χ4v) is 5.27. The van der Waals surface area contributed by atoms with Crippen LogP contribution in [-0.2, 0) is 0 Å². The van der Waals surface area contributed by atoms with Gasteiger partial charge in [0.2, 0.25) is 0 Å². The minimum Gasteiger partial charge on any atom is -0.345 e. The Bertz CT molecular complexity index is 325. The van der Waals surface area contributed by atoms with Gasteiger partial charge in [0.15, 0.2) is 5.17 Å². The summed E-state index contributed by atoms with van der Waals surface area (Å²) in [7, 11) is 0. The zero-order valence-electron chi connectivity index (χ0n) is 13.2. The third kappa shape index (κ3) is 3.68. The van der Waals surface area contributed by atoms with Crippen molar-refractivity contribution in [1.82, 2.24) is 4.90 Å². The lowest BCUT2D eigenvalue weighted by Crippen LogP contribution is -2.42. The summed E-state index contributed by atoms with van der Waals surface area (Å²) < 4.78 is 0. The molecule has 3 atom stereocenters. The van der Waals surface area contributed by atoms with E-state index in [0.29, 0.717) is 12.1 Å². The van der Waals surface area contributed by atoms with Gasteiger partial charge in [-0.1, -0.05) is 37.9 Å². The minimum absolute atomic E-state index is 0.408. The van der Waals surface area contributed by atoms with Gasteiger partial charge in [-0.25, -0.2) is 0 Å². The first-order chi connectivity index (χ1) is 8.99. The van der Waals surface area contributed by atoms with Crippen LogP contribution >= 0.6 is 11.8 Å². The standard InChI is InChI=1S/C16H30N2S/c1-11(2)17-16-18(12(3)4)14-9-7-6-8-13(5)10-15(14)19-16/h11-15H,6-10H2,1-5H3. The summed E-state index contributed by atoms with van der Waals surface area (Å²) in [6.07, 6.45) is 6.96. The van der Waals surface area contributed by atoms with Crippen molar-refractivity contribution in [2.24, 2.45) is 10.9 Å². The Morgan fingerprint density at radius 2 is 1.84 bits per heavy atom. The first-order valence-corrected chi connectivity index (χ1v) is 8.89. The molecule has 1 saturated carbocycles. The molecule has 1 aliphatic carbocycles. The van der Waals surface area contributed by atoms with Gasteiger partial charge in [0, 0.05) is 23.4 Å². The second kappa shape index (κ2) is 6.51. The second-order valence-corrected chi connectivity index (χ2v) is 8.06. The summed E-state index contributed by atoms with van der Waals surface area (Å²) in [5.74, 6) is 0.882. The SMILES string of the molecule is CC1CCCCC2C(C1)SC(=NC(C)C)N2C(C)C. The third-order valence-electron chi connectivity index (χ3n) is 4.27. The molecule has 0 spiro atoms. The lowest BCUT2D eigenvalue weighted by Gasteiger charge is -2.34. The quantitative estimate of drug-likeness (QED) is 0.738. The Hall–Kier alpha value is -0.180. The number of nitrogens with zero attached hydrogens (tertiary/aromatic N) is 2.